The van der Waals surface area contributed by atoms with E-state index in [4.69, 9.17) is 0 Å². The Hall–Kier alpha value is -0.760. The molecule has 0 atom stereocenters. The average molecular weight is 233 g/mol. The molecular weight excluding hydrogens is 214 g/mol. The molecule has 1 fully saturated rings. The summed E-state index contributed by atoms with van der Waals surface area (Å²) in [5.74, 6) is 0. The minimum Gasteiger partial charge on any atom is -0.246 e. The van der Waals surface area contributed by atoms with Gasteiger partial charge in [-0.15, -0.1) is 11.8 Å². The normalized spacial score (nSPS) is 17.3. The molecule has 0 N–H and O–H groups in total. The Bertz CT molecular complexity index is 367. The van der Waals surface area contributed by atoms with Crippen molar-refractivity contribution in [2.24, 2.45) is 0 Å². The van der Waals surface area contributed by atoms with Gasteiger partial charge in [-0.2, -0.15) is 0 Å². The highest BCUT2D eigenvalue weighted by atomic mass is 32.2. The molecule has 1 aromatic heterocycles. The van der Waals surface area contributed by atoms with Crippen LogP contribution in [0.2, 0.25) is 0 Å². The summed E-state index contributed by atoms with van der Waals surface area (Å²) in [6.07, 6.45) is 8.78. The van der Waals surface area contributed by atoms with Crippen LogP contribution in [-0.2, 0) is 0 Å². The second-order valence-corrected chi connectivity index (χ2v) is 5.73. The molecule has 0 saturated heterocycles. The van der Waals surface area contributed by atoms with Gasteiger partial charge in [0.2, 0.25) is 0 Å². The van der Waals surface area contributed by atoms with E-state index >= 15 is 0 Å². The Kier molecular flexibility index (Phi) is 4.05. The Morgan fingerprint density at radius 1 is 1.31 bits per heavy atom. The zero-order valence-corrected chi connectivity index (χ0v) is 10.7. The van der Waals surface area contributed by atoms with Crippen molar-refractivity contribution in [1.29, 1.82) is 0 Å². The second-order valence-electron chi connectivity index (χ2n) is 4.41. The van der Waals surface area contributed by atoms with E-state index in [1.807, 2.05) is 17.8 Å². The number of aryl methyl sites for hydroxylation is 1. The number of aromatic nitrogens is 1. The lowest BCUT2D eigenvalue weighted by atomic mass is 10.0. The monoisotopic (exact) mass is 233 g/mol. The Morgan fingerprint density at radius 3 is 2.69 bits per heavy atom. The molecule has 0 amide bonds. The number of hydrogen-bond acceptors (Lipinski definition) is 2. The van der Waals surface area contributed by atoms with Crippen LogP contribution in [0.15, 0.2) is 23.7 Å². The highest BCUT2D eigenvalue weighted by Gasteiger charge is 2.15. The van der Waals surface area contributed by atoms with Crippen LogP contribution in [0.3, 0.4) is 0 Å². The van der Waals surface area contributed by atoms with E-state index < -0.39 is 0 Å². The van der Waals surface area contributed by atoms with Gasteiger partial charge < -0.3 is 0 Å². The van der Waals surface area contributed by atoms with Crippen LogP contribution in [0, 0.1) is 6.92 Å². The van der Waals surface area contributed by atoms with Gasteiger partial charge in [-0.25, -0.2) is 4.98 Å². The van der Waals surface area contributed by atoms with Gasteiger partial charge in [-0.1, -0.05) is 38.0 Å². The maximum Gasteiger partial charge on any atom is 0.0966 e. The Labute approximate surface area is 102 Å². The number of nitrogens with zero attached hydrogens (tertiary/aromatic N) is 1. The maximum absolute atomic E-state index is 4.63. The van der Waals surface area contributed by atoms with Crippen LogP contribution in [0.4, 0.5) is 0 Å². The molecule has 2 rings (SSSR count). The first-order valence-corrected chi connectivity index (χ1v) is 6.94. The summed E-state index contributed by atoms with van der Waals surface area (Å²) in [6.45, 7) is 5.85. The number of rotatable bonds is 3. The van der Waals surface area contributed by atoms with Crippen LogP contribution >= 0.6 is 11.8 Å². The Morgan fingerprint density at radius 2 is 2.06 bits per heavy atom. The van der Waals surface area contributed by atoms with E-state index in [9.17, 15) is 0 Å². The lowest BCUT2D eigenvalue weighted by Crippen LogP contribution is -2.08. The van der Waals surface area contributed by atoms with Gasteiger partial charge in [0, 0.05) is 10.9 Å². The fourth-order valence-corrected chi connectivity index (χ4v) is 3.43. The fraction of sp³-hybridized carbons (Fsp3) is 0.500. The number of pyridine rings is 1. The summed E-state index contributed by atoms with van der Waals surface area (Å²) in [4.78, 5) is 4.63. The first-order chi connectivity index (χ1) is 7.79. The van der Waals surface area contributed by atoms with Crippen LogP contribution in [0.5, 0.6) is 0 Å². The van der Waals surface area contributed by atoms with Crippen molar-refractivity contribution in [3.63, 3.8) is 0 Å². The fourth-order valence-electron chi connectivity index (χ4n) is 2.18. The summed E-state index contributed by atoms with van der Waals surface area (Å²) >= 11 is 1.95. The van der Waals surface area contributed by atoms with Crippen LogP contribution < -0.4 is 0 Å². The van der Waals surface area contributed by atoms with Crippen molar-refractivity contribution in [2.45, 2.75) is 49.3 Å². The maximum atomic E-state index is 4.63. The molecule has 0 unspecified atom stereocenters. The third-order valence-electron chi connectivity index (χ3n) is 3.16. The lowest BCUT2D eigenvalue weighted by molar-refractivity contribution is 0.515. The average Bonchev–Trinajstić information content (AvgIpc) is 2.31. The molecule has 16 heavy (non-hydrogen) atoms. The molecular formula is C14H19NS. The first-order valence-electron chi connectivity index (χ1n) is 6.06. The quantitative estimate of drug-likeness (QED) is 0.764. The van der Waals surface area contributed by atoms with E-state index in [-0.39, 0.29) is 0 Å². The molecule has 1 nitrogen and oxygen atoms in total. The second kappa shape index (κ2) is 5.53. The van der Waals surface area contributed by atoms with Gasteiger partial charge in [0.1, 0.15) is 0 Å². The molecule has 1 aromatic rings. The van der Waals surface area contributed by atoms with Crippen LogP contribution in [-0.4, -0.2) is 10.2 Å². The predicted octanol–water partition coefficient (Wildman–Crippen LogP) is 4.46. The van der Waals surface area contributed by atoms with Crippen molar-refractivity contribution in [1.82, 2.24) is 4.98 Å². The van der Waals surface area contributed by atoms with Gasteiger partial charge in [-0.3, -0.25) is 0 Å². The molecule has 1 aliphatic carbocycles. The topological polar surface area (TPSA) is 12.9 Å². The highest BCUT2D eigenvalue weighted by Crippen LogP contribution is 2.32. The van der Waals surface area contributed by atoms with E-state index in [2.05, 4.69) is 30.6 Å². The minimum absolute atomic E-state index is 0.787. The predicted molar refractivity (Wildman–Crippen MR) is 71.8 cm³/mol. The van der Waals surface area contributed by atoms with E-state index in [0.717, 1.165) is 16.5 Å². The highest BCUT2D eigenvalue weighted by molar-refractivity contribution is 7.99. The number of thioether (sulfide) groups is 1. The van der Waals surface area contributed by atoms with Crippen molar-refractivity contribution in [3.8, 4) is 0 Å². The third kappa shape index (κ3) is 2.88. The van der Waals surface area contributed by atoms with E-state index in [1.165, 1.54) is 37.1 Å². The molecule has 0 bridgehead atoms. The van der Waals surface area contributed by atoms with E-state index in [0.29, 0.717) is 0 Å². The largest absolute Gasteiger partial charge is 0.246 e. The molecule has 2 heteroatoms. The van der Waals surface area contributed by atoms with Crippen molar-refractivity contribution in [3.05, 3.63) is 30.0 Å². The summed E-state index contributed by atoms with van der Waals surface area (Å²) < 4.78 is 0. The molecule has 0 aromatic carbocycles. The third-order valence-corrected chi connectivity index (χ3v) is 4.43. The molecule has 0 aliphatic heterocycles. The molecule has 1 saturated carbocycles. The zero-order chi connectivity index (χ0) is 11.4. The molecule has 1 heterocycles. The molecule has 0 radical (unpaired) electrons. The Balaban J connectivity index is 2.03. The van der Waals surface area contributed by atoms with Gasteiger partial charge >= 0.3 is 0 Å². The molecule has 0 spiro atoms. The van der Waals surface area contributed by atoms with E-state index in [1.54, 1.807) is 0 Å². The summed E-state index contributed by atoms with van der Waals surface area (Å²) in [7, 11) is 0. The van der Waals surface area contributed by atoms with Gasteiger partial charge in [-0.05, 0) is 31.4 Å². The summed E-state index contributed by atoms with van der Waals surface area (Å²) in [5, 5.41) is 1.96. The smallest absolute Gasteiger partial charge is 0.0966 e. The number of hydrogen-bond donors (Lipinski definition) is 0. The summed E-state index contributed by atoms with van der Waals surface area (Å²) in [6, 6.07) is 4.25. The minimum atomic E-state index is 0.787. The lowest BCUT2D eigenvalue weighted by Gasteiger charge is -2.20. The van der Waals surface area contributed by atoms with Crippen molar-refractivity contribution < 1.29 is 0 Å². The standard InChI is InChI=1S/C14H19NS/c1-3-12-9-10-14(15-11(12)2)16-13-7-5-4-6-8-13/h3,9-10,13H,1,4-8H2,2H3. The van der Waals surface area contributed by atoms with Crippen LogP contribution in [0.1, 0.15) is 43.4 Å². The van der Waals surface area contributed by atoms with Gasteiger partial charge in [0.05, 0.1) is 5.03 Å². The van der Waals surface area contributed by atoms with Crippen LogP contribution in [0.25, 0.3) is 6.08 Å². The molecule has 1 aliphatic rings. The molecule has 86 valence electrons. The van der Waals surface area contributed by atoms with Crippen molar-refractivity contribution >= 4 is 17.8 Å². The SMILES string of the molecule is C=Cc1ccc(SC2CCCCC2)nc1C. The summed E-state index contributed by atoms with van der Waals surface area (Å²) in [5.41, 5.74) is 2.24. The zero-order valence-electron chi connectivity index (χ0n) is 9.91. The van der Waals surface area contributed by atoms with Gasteiger partial charge in [0.25, 0.3) is 0 Å². The van der Waals surface area contributed by atoms with Crippen molar-refractivity contribution in [2.75, 3.05) is 0 Å². The first kappa shape index (κ1) is 11.7. The van der Waals surface area contributed by atoms with Gasteiger partial charge in [0.15, 0.2) is 0 Å².